The van der Waals surface area contributed by atoms with Gasteiger partial charge in [0, 0.05) is 0 Å². The van der Waals surface area contributed by atoms with Gasteiger partial charge in [0.05, 0.1) is 12.9 Å². The van der Waals surface area contributed by atoms with Crippen LogP contribution < -0.4 is 4.74 Å². The molecule has 0 spiro atoms. The molecule has 1 rings (SSSR count). The van der Waals surface area contributed by atoms with E-state index in [0.717, 1.165) is 24.7 Å². The zero-order valence-electron chi connectivity index (χ0n) is 13.0. The summed E-state index contributed by atoms with van der Waals surface area (Å²) in [7, 11) is -3.36. The molecule has 1 aromatic carbocycles. The highest BCUT2D eigenvalue weighted by Crippen LogP contribution is 2.20. The lowest BCUT2D eigenvalue weighted by Gasteiger charge is -2.21. The van der Waals surface area contributed by atoms with Gasteiger partial charge in [0.1, 0.15) is 5.75 Å². The molecule has 0 aromatic heterocycles. The van der Waals surface area contributed by atoms with Gasteiger partial charge in [-0.2, -0.15) is 8.42 Å². The molecule has 0 aliphatic heterocycles. The molecular weight excluding hydrogens is 308 g/mol. The Labute approximate surface area is 131 Å². The van der Waals surface area contributed by atoms with Gasteiger partial charge in [-0.1, -0.05) is 12.1 Å². The second kappa shape index (κ2) is 7.60. The number of aliphatic carboxylic acids is 1. The number of aryl methyl sites for hydroxylation is 1. The molecule has 0 radical (unpaired) electrons. The van der Waals surface area contributed by atoms with Gasteiger partial charge in [-0.3, -0.25) is 4.18 Å². The highest BCUT2D eigenvalue weighted by Gasteiger charge is 2.29. The van der Waals surface area contributed by atoms with Gasteiger partial charge >= 0.3 is 5.97 Å². The summed E-state index contributed by atoms with van der Waals surface area (Å²) in [5, 5.41) is 9.00. The summed E-state index contributed by atoms with van der Waals surface area (Å²) in [6.45, 7) is 3.17. The minimum atomic E-state index is -3.36. The van der Waals surface area contributed by atoms with Crippen LogP contribution in [0.25, 0.3) is 0 Å². The Hall–Kier alpha value is -1.60. The van der Waals surface area contributed by atoms with E-state index in [1.807, 2.05) is 12.1 Å². The predicted molar refractivity (Wildman–Crippen MR) is 82.5 cm³/mol. The van der Waals surface area contributed by atoms with Crippen molar-refractivity contribution in [1.82, 2.24) is 0 Å². The minimum Gasteiger partial charge on any atom is -0.478 e. The van der Waals surface area contributed by atoms with Gasteiger partial charge < -0.3 is 9.84 Å². The van der Waals surface area contributed by atoms with Crippen molar-refractivity contribution in [3.63, 3.8) is 0 Å². The van der Waals surface area contributed by atoms with Gasteiger partial charge in [-0.15, -0.1) is 0 Å². The van der Waals surface area contributed by atoms with Crippen molar-refractivity contribution < 1.29 is 27.2 Å². The van der Waals surface area contributed by atoms with Crippen molar-refractivity contribution in [3.8, 4) is 5.75 Å². The number of hydrogen-bond acceptors (Lipinski definition) is 5. The first-order valence-corrected chi connectivity index (χ1v) is 8.77. The standard InChI is InChI=1S/C15H22O6S/c1-15(2,14(16)17)21-13-9-7-12(8-10-13)6-4-5-11-20-22(3,18)19/h7-10H,4-6,11H2,1-3H3,(H,16,17). The van der Waals surface area contributed by atoms with Crippen LogP contribution in [0.2, 0.25) is 0 Å². The summed E-state index contributed by atoms with van der Waals surface area (Å²) in [6, 6.07) is 7.19. The van der Waals surface area contributed by atoms with E-state index in [1.54, 1.807) is 12.1 Å². The second-order valence-corrected chi connectivity index (χ2v) is 7.19. The highest BCUT2D eigenvalue weighted by atomic mass is 32.2. The smallest absolute Gasteiger partial charge is 0.347 e. The van der Waals surface area contributed by atoms with Crippen molar-refractivity contribution in [1.29, 1.82) is 0 Å². The fraction of sp³-hybridized carbons (Fsp3) is 0.533. The largest absolute Gasteiger partial charge is 0.478 e. The van der Waals surface area contributed by atoms with E-state index in [9.17, 15) is 13.2 Å². The zero-order chi connectivity index (χ0) is 16.8. The lowest BCUT2D eigenvalue weighted by atomic mass is 10.1. The zero-order valence-corrected chi connectivity index (χ0v) is 13.9. The van der Waals surface area contributed by atoms with Crippen LogP contribution in [0, 0.1) is 0 Å². The Kier molecular flexibility index (Phi) is 6.37. The van der Waals surface area contributed by atoms with Crippen molar-refractivity contribution in [2.24, 2.45) is 0 Å². The van der Waals surface area contributed by atoms with E-state index in [1.165, 1.54) is 13.8 Å². The van der Waals surface area contributed by atoms with E-state index < -0.39 is 21.7 Å². The van der Waals surface area contributed by atoms with E-state index in [4.69, 9.17) is 9.84 Å². The molecule has 0 fully saturated rings. The van der Waals surface area contributed by atoms with Gasteiger partial charge in [-0.05, 0) is 50.8 Å². The van der Waals surface area contributed by atoms with Crippen LogP contribution in [0.3, 0.4) is 0 Å². The number of carboxylic acids is 1. The Bertz CT molecular complexity index is 589. The average molecular weight is 330 g/mol. The van der Waals surface area contributed by atoms with Gasteiger partial charge in [-0.25, -0.2) is 4.79 Å². The maximum absolute atomic E-state index is 11.0. The van der Waals surface area contributed by atoms with Crippen molar-refractivity contribution in [3.05, 3.63) is 29.8 Å². The molecule has 0 aliphatic rings. The maximum atomic E-state index is 11.0. The first kappa shape index (κ1) is 18.4. The van der Waals surface area contributed by atoms with E-state index in [2.05, 4.69) is 4.18 Å². The molecule has 1 N–H and O–H groups in total. The summed E-state index contributed by atoms with van der Waals surface area (Å²) in [6.07, 6.45) is 3.27. The quantitative estimate of drug-likeness (QED) is 0.551. The monoisotopic (exact) mass is 330 g/mol. The van der Waals surface area contributed by atoms with Gasteiger partial charge in [0.2, 0.25) is 0 Å². The minimum absolute atomic E-state index is 0.187. The Morgan fingerprint density at radius 1 is 1.18 bits per heavy atom. The van der Waals surface area contributed by atoms with E-state index >= 15 is 0 Å². The Balaban J connectivity index is 2.41. The SMILES string of the molecule is CC(C)(Oc1ccc(CCCCOS(C)(=O)=O)cc1)C(=O)O. The molecular formula is C15H22O6S. The summed E-state index contributed by atoms with van der Waals surface area (Å²) in [5.41, 5.74) is -0.204. The molecule has 7 heteroatoms. The Morgan fingerprint density at radius 3 is 2.27 bits per heavy atom. The third-order valence-corrected chi connectivity index (χ3v) is 3.56. The van der Waals surface area contributed by atoms with Crippen LogP contribution in [0.1, 0.15) is 32.3 Å². The van der Waals surface area contributed by atoms with Crippen molar-refractivity contribution in [2.75, 3.05) is 12.9 Å². The molecule has 0 bridgehead atoms. The molecule has 0 atom stereocenters. The van der Waals surface area contributed by atoms with Gasteiger partial charge in [0.25, 0.3) is 10.1 Å². The van der Waals surface area contributed by atoms with Crippen LogP contribution in [0.5, 0.6) is 5.75 Å². The fourth-order valence-corrected chi connectivity index (χ4v) is 2.12. The highest BCUT2D eigenvalue weighted by molar-refractivity contribution is 7.85. The molecule has 0 amide bonds. The van der Waals surface area contributed by atoms with Crippen molar-refractivity contribution >= 4 is 16.1 Å². The van der Waals surface area contributed by atoms with Crippen LogP contribution >= 0.6 is 0 Å². The van der Waals surface area contributed by atoms with E-state index in [-0.39, 0.29) is 6.61 Å². The molecule has 0 unspecified atom stereocenters. The number of carbonyl (C=O) groups is 1. The predicted octanol–water partition coefficient (Wildman–Crippen LogP) is 2.23. The lowest BCUT2D eigenvalue weighted by Crippen LogP contribution is -2.37. The molecule has 22 heavy (non-hydrogen) atoms. The molecule has 0 saturated carbocycles. The fourth-order valence-electron chi connectivity index (χ4n) is 1.70. The summed E-state index contributed by atoms with van der Waals surface area (Å²) in [5.74, 6) is -0.529. The molecule has 0 heterocycles. The first-order chi connectivity index (χ1) is 10.1. The third-order valence-electron chi connectivity index (χ3n) is 2.97. The second-order valence-electron chi connectivity index (χ2n) is 5.54. The summed E-state index contributed by atoms with van der Waals surface area (Å²) >= 11 is 0. The number of rotatable bonds is 9. The first-order valence-electron chi connectivity index (χ1n) is 6.96. The Morgan fingerprint density at radius 2 is 1.77 bits per heavy atom. The van der Waals surface area contributed by atoms with Crippen molar-refractivity contribution in [2.45, 2.75) is 38.7 Å². The maximum Gasteiger partial charge on any atom is 0.347 e. The third kappa shape index (κ3) is 6.91. The number of hydrogen-bond donors (Lipinski definition) is 1. The molecule has 0 aliphatic carbocycles. The number of carboxylic acid groups (broad SMARTS) is 1. The van der Waals surface area contributed by atoms with Gasteiger partial charge in [0.15, 0.2) is 5.60 Å². The lowest BCUT2D eigenvalue weighted by molar-refractivity contribution is -0.152. The molecule has 124 valence electrons. The number of unbranched alkanes of at least 4 members (excludes halogenated alkanes) is 1. The van der Waals surface area contributed by atoms with Crippen LogP contribution in [0.4, 0.5) is 0 Å². The molecule has 1 aromatic rings. The van der Waals surface area contributed by atoms with Crippen LogP contribution in [-0.4, -0.2) is 38.0 Å². The molecule has 0 saturated heterocycles. The molecule has 6 nitrogen and oxygen atoms in total. The summed E-state index contributed by atoms with van der Waals surface area (Å²) < 4.78 is 31.6. The average Bonchev–Trinajstić information content (AvgIpc) is 2.38. The normalized spacial score (nSPS) is 12.1. The topological polar surface area (TPSA) is 89.9 Å². The van der Waals surface area contributed by atoms with Crippen LogP contribution in [0.15, 0.2) is 24.3 Å². The number of ether oxygens (including phenoxy) is 1. The van der Waals surface area contributed by atoms with Crippen LogP contribution in [-0.2, 0) is 25.5 Å². The number of benzene rings is 1. The summed E-state index contributed by atoms with van der Waals surface area (Å²) in [4.78, 5) is 11.0. The van der Waals surface area contributed by atoms with E-state index in [0.29, 0.717) is 12.2 Å².